The van der Waals surface area contributed by atoms with Gasteiger partial charge in [-0.05, 0) is 43.2 Å². The molecule has 2 aromatic rings. The van der Waals surface area contributed by atoms with E-state index in [2.05, 4.69) is 9.88 Å². The van der Waals surface area contributed by atoms with Gasteiger partial charge in [-0.15, -0.1) is 0 Å². The van der Waals surface area contributed by atoms with Gasteiger partial charge in [-0.1, -0.05) is 6.07 Å². The number of ether oxygens (including phenoxy) is 1. The van der Waals surface area contributed by atoms with Crippen LogP contribution < -0.4 is 10.5 Å². The minimum absolute atomic E-state index is 0.0804. The van der Waals surface area contributed by atoms with Crippen LogP contribution in [0.5, 0.6) is 5.75 Å². The molecule has 2 N–H and O–H groups in total. The molecule has 2 heterocycles. The maximum absolute atomic E-state index is 13.6. The Kier molecular flexibility index (Phi) is 5.89. The molecule has 148 valence electrons. The zero-order valence-corrected chi connectivity index (χ0v) is 15.9. The number of pyridine rings is 1. The molecule has 1 aliphatic heterocycles. The number of carbonyl (C=O) groups excluding carboxylic acids is 2. The van der Waals surface area contributed by atoms with Gasteiger partial charge in [-0.2, -0.15) is 0 Å². The van der Waals surface area contributed by atoms with E-state index in [1.54, 1.807) is 4.90 Å². The SMILES string of the molecule is Cc1cc(F)cc(CN2CCN(C(=O)Oc3cncc(C(N)=O)c3)[C@H](C)C2)c1. The summed E-state index contributed by atoms with van der Waals surface area (Å²) in [5.74, 6) is -0.705. The Morgan fingerprint density at radius 2 is 2.04 bits per heavy atom. The number of hydrogen-bond acceptors (Lipinski definition) is 5. The van der Waals surface area contributed by atoms with Crippen LogP contribution >= 0.6 is 0 Å². The lowest BCUT2D eigenvalue weighted by Gasteiger charge is -2.39. The highest BCUT2D eigenvalue weighted by Gasteiger charge is 2.29. The van der Waals surface area contributed by atoms with Crippen LogP contribution in [0.3, 0.4) is 0 Å². The zero-order chi connectivity index (χ0) is 20.3. The second-order valence-electron chi connectivity index (χ2n) is 7.06. The summed E-state index contributed by atoms with van der Waals surface area (Å²) in [4.78, 5) is 31.4. The molecule has 1 aliphatic rings. The number of benzene rings is 1. The first-order chi connectivity index (χ1) is 13.3. The van der Waals surface area contributed by atoms with Crippen molar-refractivity contribution in [3.63, 3.8) is 0 Å². The van der Waals surface area contributed by atoms with Gasteiger partial charge in [-0.3, -0.25) is 14.7 Å². The third-order valence-electron chi connectivity index (χ3n) is 4.66. The Labute approximate surface area is 162 Å². The third kappa shape index (κ3) is 4.83. The van der Waals surface area contributed by atoms with Crippen molar-refractivity contribution in [3.05, 3.63) is 59.2 Å². The topological polar surface area (TPSA) is 88.8 Å². The van der Waals surface area contributed by atoms with Crippen molar-refractivity contribution < 1.29 is 18.7 Å². The molecule has 0 radical (unpaired) electrons. The second kappa shape index (κ2) is 8.35. The number of rotatable bonds is 4. The van der Waals surface area contributed by atoms with Crippen molar-refractivity contribution in [2.24, 2.45) is 5.73 Å². The lowest BCUT2D eigenvalue weighted by atomic mass is 10.1. The van der Waals surface area contributed by atoms with Gasteiger partial charge in [0.2, 0.25) is 5.91 Å². The van der Waals surface area contributed by atoms with E-state index in [1.165, 1.54) is 30.6 Å². The van der Waals surface area contributed by atoms with Gasteiger partial charge in [0.05, 0.1) is 11.8 Å². The van der Waals surface area contributed by atoms with Gasteiger partial charge in [0, 0.05) is 38.4 Å². The number of nitrogens with two attached hydrogens (primary N) is 1. The summed E-state index contributed by atoms with van der Waals surface area (Å²) in [6.45, 7) is 6.19. The molecule has 1 saturated heterocycles. The Hall–Kier alpha value is -3.00. The predicted molar refractivity (Wildman–Crippen MR) is 101 cm³/mol. The van der Waals surface area contributed by atoms with Crippen LogP contribution in [0.4, 0.5) is 9.18 Å². The molecule has 28 heavy (non-hydrogen) atoms. The van der Waals surface area contributed by atoms with E-state index in [1.807, 2.05) is 19.9 Å². The minimum atomic E-state index is -0.639. The molecular formula is C20H23FN4O3. The number of aryl methyl sites for hydroxylation is 1. The number of carbonyl (C=O) groups is 2. The number of primary amides is 1. The van der Waals surface area contributed by atoms with Crippen molar-refractivity contribution in [3.8, 4) is 5.75 Å². The smallest absolute Gasteiger partial charge is 0.409 e. The number of halogens is 1. The number of hydrogen-bond donors (Lipinski definition) is 1. The number of piperazine rings is 1. The minimum Gasteiger partial charge on any atom is -0.409 e. The van der Waals surface area contributed by atoms with Gasteiger partial charge in [0.1, 0.15) is 5.82 Å². The fraction of sp³-hybridized carbons (Fsp3) is 0.350. The first-order valence-corrected chi connectivity index (χ1v) is 9.03. The summed E-state index contributed by atoms with van der Waals surface area (Å²) in [5, 5.41) is 0. The number of nitrogens with zero attached hydrogens (tertiary/aromatic N) is 3. The Morgan fingerprint density at radius 3 is 2.71 bits per heavy atom. The lowest BCUT2D eigenvalue weighted by molar-refractivity contribution is 0.0750. The van der Waals surface area contributed by atoms with Crippen molar-refractivity contribution in [1.29, 1.82) is 0 Å². The van der Waals surface area contributed by atoms with Gasteiger partial charge in [0.25, 0.3) is 0 Å². The van der Waals surface area contributed by atoms with Crippen LogP contribution in [0.15, 0.2) is 36.7 Å². The molecule has 1 atom stereocenters. The van der Waals surface area contributed by atoms with Crippen molar-refractivity contribution in [2.75, 3.05) is 19.6 Å². The van der Waals surface area contributed by atoms with Crippen molar-refractivity contribution >= 4 is 12.0 Å². The van der Waals surface area contributed by atoms with Crippen LogP contribution in [-0.2, 0) is 6.54 Å². The van der Waals surface area contributed by atoms with Crippen LogP contribution in [0, 0.1) is 12.7 Å². The van der Waals surface area contributed by atoms with Crippen LogP contribution in [0.25, 0.3) is 0 Å². The highest BCUT2D eigenvalue weighted by Crippen LogP contribution is 2.18. The van der Waals surface area contributed by atoms with Crippen molar-refractivity contribution in [1.82, 2.24) is 14.8 Å². The van der Waals surface area contributed by atoms with E-state index in [0.717, 1.165) is 11.1 Å². The average Bonchev–Trinajstić information content (AvgIpc) is 2.61. The quantitative estimate of drug-likeness (QED) is 0.871. The normalized spacial score (nSPS) is 17.4. The predicted octanol–water partition coefficient (Wildman–Crippen LogP) is 2.33. The maximum Gasteiger partial charge on any atom is 0.415 e. The fourth-order valence-electron chi connectivity index (χ4n) is 3.38. The summed E-state index contributed by atoms with van der Waals surface area (Å²) in [5.41, 5.74) is 7.19. The summed E-state index contributed by atoms with van der Waals surface area (Å²) in [6.07, 6.45) is 2.17. The molecule has 3 rings (SSSR count). The maximum atomic E-state index is 13.6. The molecule has 2 amide bonds. The second-order valence-corrected chi connectivity index (χ2v) is 7.06. The van der Waals surface area contributed by atoms with Crippen molar-refractivity contribution in [2.45, 2.75) is 26.4 Å². The highest BCUT2D eigenvalue weighted by atomic mass is 19.1. The van der Waals surface area contributed by atoms with E-state index in [9.17, 15) is 14.0 Å². The van der Waals surface area contributed by atoms with E-state index in [4.69, 9.17) is 10.5 Å². The Morgan fingerprint density at radius 1 is 1.25 bits per heavy atom. The Bertz CT molecular complexity index is 869. The van der Waals surface area contributed by atoms with E-state index < -0.39 is 12.0 Å². The lowest BCUT2D eigenvalue weighted by Crippen LogP contribution is -2.54. The average molecular weight is 386 g/mol. The van der Waals surface area contributed by atoms with Gasteiger partial charge < -0.3 is 15.4 Å². The Balaban J connectivity index is 1.59. The zero-order valence-electron chi connectivity index (χ0n) is 15.9. The summed E-state index contributed by atoms with van der Waals surface area (Å²) in [6, 6.07) is 6.32. The van der Waals surface area contributed by atoms with Crippen LogP contribution in [-0.4, -0.2) is 52.5 Å². The van der Waals surface area contributed by atoms with Gasteiger partial charge in [-0.25, -0.2) is 9.18 Å². The number of amides is 2. The molecule has 0 saturated carbocycles. The first kappa shape index (κ1) is 19.8. The fourth-order valence-corrected chi connectivity index (χ4v) is 3.38. The van der Waals surface area contributed by atoms with E-state index in [0.29, 0.717) is 26.2 Å². The molecule has 7 nitrogen and oxygen atoms in total. The van der Waals surface area contributed by atoms with Gasteiger partial charge in [0.15, 0.2) is 5.75 Å². The standard InChI is InChI=1S/C20H23FN4O3/c1-13-5-15(7-17(21)6-13)12-24-3-4-25(14(2)11-24)20(27)28-18-8-16(19(22)26)9-23-10-18/h5-10,14H,3-4,11-12H2,1-2H3,(H2,22,26)/t14-/m1/s1. The molecule has 0 spiro atoms. The first-order valence-electron chi connectivity index (χ1n) is 9.03. The summed E-state index contributed by atoms with van der Waals surface area (Å²) in [7, 11) is 0. The van der Waals surface area contributed by atoms with Gasteiger partial charge >= 0.3 is 6.09 Å². The monoisotopic (exact) mass is 386 g/mol. The van der Waals surface area contributed by atoms with E-state index in [-0.39, 0.29) is 23.2 Å². The van der Waals surface area contributed by atoms with Crippen LogP contribution in [0.2, 0.25) is 0 Å². The molecule has 1 aromatic heterocycles. The van der Waals surface area contributed by atoms with Crippen LogP contribution in [0.1, 0.15) is 28.4 Å². The molecule has 1 fully saturated rings. The highest BCUT2D eigenvalue weighted by molar-refractivity contribution is 5.92. The molecule has 0 unspecified atom stereocenters. The number of aromatic nitrogens is 1. The molecule has 0 bridgehead atoms. The summed E-state index contributed by atoms with van der Waals surface area (Å²) >= 11 is 0. The van der Waals surface area contributed by atoms with E-state index >= 15 is 0 Å². The molecule has 1 aromatic carbocycles. The third-order valence-corrected chi connectivity index (χ3v) is 4.66. The largest absolute Gasteiger partial charge is 0.415 e. The summed E-state index contributed by atoms with van der Waals surface area (Å²) < 4.78 is 18.9. The molecular weight excluding hydrogens is 363 g/mol. The molecule has 8 heteroatoms. The molecule has 0 aliphatic carbocycles.